The van der Waals surface area contributed by atoms with E-state index in [1.165, 1.54) is 0 Å². The largest absolute Gasteiger partial charge is 0.314 e. The molecule has 0 aliphatic rings. The summed E-state index contributed by atoms with van der Waals surface area (Å²) >= 11 is 0. The predicted molar refractivity (Wildman–Crippen MR) is 69.0 cm³/mol. The van der Waals surface area contributed by atoms with Gasteiger partial charge < -0.3 is 5.32 Å². The van der Waals surface area contributed by atoms with E-state index in [1.54, 1.807) is 0 Å². The van der Waals surface area contributed by atoms with Gasteiger partial charge in [0.1, 0.15) is 0 Å². The lowest BCUT2D eigenvalue weighted by Gasteiger charge is -2.08. The average Bonchev–Trinajstić information content (AvgIpc) is 2.11. The Labute approximate surface area is 99.6 Å². The maximum absolute atomic E-state index is 11.5. The Morgan fingerprint density at radius 1 is 1.31 bits per heavy atom. The van der Waals surface area contributed by atoms with E-state index >= 15 is 0 Å². The van der Waals surface area contributed by atoms with Gasteiger partial charge in [0.15, 0.2) is 0 Å². The molecule has 0 spiro atoms. The van der Waals surface area contributed by atoms with Crippen LogP contribution in [0.4, 0.5) is 0 Å². The Kier molecular flexibility index (Phi) is 7.62. The van der Waals surface area contributed by atoms with Crippen molar-refractivity contribution in [3.8, 4) is 0 Å². The maximum Gasteiger partial charge on any atom is 0.211 e. The van der Waals surface area contributed by atoms with Gasteiger partial charge in [0.2, 0.25) is 10.0 Å². The van der Waals surface area contributed by atoms with Crippen molar-refractivity contribution >= 4 is 10.0 Å². The summed E-state index contributed by atoms with van der Waals surface area (Å²) in [6.45, 7) is 9.11. The van der Waals surface area contributed by atoms with E-state index in [0.29, 0.717) is 19.0 Å². The van der Waals surface area contributed by atoms with Gasteiger partial charge in [-0.1, -0.05) is 25.5 Å². The van der Waals surface area contributed by atoms with E-state index in [1.807, 2.05) is 33.8 Å². The van der Waals surface area contributed by atoms with E-state index in [-0.39, 0.29) is 5.75 Å². The van der Waals surface area contributed by atoms with E-state index in [9.17, 15) is 8.42 Å². The Balaban J connectivity index is 3.75. The molecule has 0 saturated carbocycles. The van der Waals surface area contributed by atoms with E-state index in [0.717, 1.165) is 12.1 Å². The van der Waals surface area contributed by atoms with Gasteiger partial charge in [0.05, 0.1) is 5.75 Å². The fourth-order valence-corrected chi connectivity index (χ4v) is 2.10. The standard InChI is InChI=1S/C11H24N2O2S/c1-10(2)6-8-13-16(14,15)9-5-7-12-11(3)4/h6,11-13H,5,7-9H2,1-4H3. The molecule has 0 aromatic carbocycles. The summed E-state index contributed by atoms with van der Waals surface area (Å²) in [7, 11) is -3.11. The van der Waals surface area contributed by atoms with E-state index in [2.05, 4.69) is 10.0 Å². The quantitative estimate of drug-likeness (QED) is 0.502. The molecule has 0 atom stereocenters. The number of allylic oxidation sites excluding steroid dienone is 1. The van der Waals surface area contributed by atoms with Crippen LogP contribution >= 0.6 is 0 Å². The fraction of sp³-hybridized carbons (Fsp3) is 0.818. The Morgan fingerprint density at radius 3 is 2.44 bits per heavy atom. The molecule has 0 heterocycles. The van der Waals surface area contributed by atoms with Gasteiger partial charge in [0, 0.05) is 12.6 Å². The second kappa shape index (κ2) is 7.81. The van der Waals surface area contributed by atoms with Gasteiger partial charge in [0.25, 0.3) is 0 Å². The van der Waals surface area contributed by atoms with Crippen molar-refractivity contribution < 1.29 is 8.42 Å². The van der Waals surface area contributed by atoms with Gasteiger partial charge in [-0.15, -0.1) is 0 Å². The highest BCUT2D eigenvalue weighted by molar-refractivity contribution is 7.89. The van der Waals surface area contributed by atoms with Crippen LogP contribution in [0, 0.1) is 0 Å². The second-order valence-corrected chi connectivity index (χ2v) is 6.34. The molecule has 96 valence electrons. The molecule has 0 aromatic rings. The zero-order chi connectivity index (χ0) is 12.6. The SMILES string of the molecule is CC(C)=CCNS(=O)(=O)CCCNC(C)C. The lowest BCUT2D eigenvalue weighted by molar-refractivity contribution is 0.563. The van der Waals surface area contributed by atoms with Crippen LogP contribution in [0.15, 0.2) is 11.6 Å². The van der Waals surface area contributed by atoms with Crippen LogP contribution in [0.1, 0.15) is 34.1 Å². The van der Waals surface area contributed by atoms with Crippen LogP contribution in [0.25, 0.3) is 0 Å². The van der Waals surface area contributed by atoms with E-state index in [4.69, 9.17) is 0 Å². The molecule has 4 nitrogen and oxygen atoms in total. The molecule has 0 aliphatic heterocycles. The number of hydrogen-bond acceptors (Lipinski definition) is 3. The highest BCUT2D eigenvalue weighted by Gasteiger charge is 2.07. The molecule has 0 unspecified atom stereocenters. The van der Waals surface area contributed by atoms with Crippen LogP contribution in [-0.4, -0.2) is 33.3 Å². The Bertz CT molecular complexity index is 304. The van der Waals surface area contributed by atoms with E-state index < -0.39 is 10.0 Å². The monoisotopic (exact) mass is 248 g/mol. The minimum absolute atomic E-state index is 0.184. The van der Waals surface area contributed by atoms with Crippen molar-refractivity contribution in [1.82, 2.24) is 10.0 Å². The molecule has 0 aromatic heterocycles. The second-order valence-electron chi connectivity index (χ2n) is 4.41. The van der Waals surface area contributed by atoms with Gasteiger partial charge in [-0.2, -0.15) is 0 Å². The highest BCUT2D eigenvalue weighted by Crippen LogP contribution is 1.91. The first kappa shape index (κ1) is 15.6. The molecule has 0 amide bonds. The zero-order valence-corrected chi connectivity index (χ0v) is 11.5. The van der Waals surface area contributed by atoms with Crippen LogP contribution in [0.3, 0.4) is 0 Å². The van der Waals surface area contributed by atoms with Crippen molar-refractivity contribution in [2.45, 2.75) is 40.2 Å². The molecule has 16 heavy (non-hydrogen) atoms. The Morgan fingerprint density at radius 2 is 1.94 bits per heavy atom. The van der Waals surface area contributed by atoms with Crippen molar-refractivity contribution in [3.05, 3.63) is 11.6 Å². The fourth-order valence-electron chi connectivity index (χ4n) is 1.10. The normalized spacial score (nSPS) is 11.8. The smallest absolute Gasteiger partial charge is 0.211 e. The van der Waals surface area contributed by atoms with Gasteiger partial charge >= 0.3 is 0 Å². The third-order valence-electron chi connectivity index (χ3n) is 1.96. The first-order chi connectivity index (χ1) is 7.33. The summed E-state index contributed by atoms with van der Waals surface area (Å²) in [6.07, 6.45) is 2.51. The topological polar surface area (TPSA) is 58.2 Å². The molecule has 0 fully saturated rings. The molecule has 2 N–H and O–H groups in total. The van der Waals surface area contributed by atoms with Crippen molar-refractivity contribution in [1.29, 1.82) is 0 Å². The molecule has 5 heteroatoms. The predicted octanol–water partition coefficient (Wildman–Crippen LogP) is 1.26. The lowest BCUT2D eigenvalue weighted by atomic mass is 10.3. The number of hydrogen-bond donors (Lipinski definition) is 2. The van der Waals surface area contributed by atoms with Crippen LogP contribution in [0.5, 0.6) is 0 Å². The highest BCUT2D eigenvalue weighted by atomic mass is 32.2. The Hall–Kier alpha value is -0.390. The summed E-state index contributed by atoms with van der Waals surface area (Å²) in [5.41, 5.74) is 1.11. The van der Waals surface area contributed by atoms with Crippen molar-refractivity contribution in [2.24, 2.45) is 0 Å². The maximum atomic E-state index is 11.5. The zero-order valence-electron chi connectivity index (χ0n) is 10.7. The number of rotatable bonds is 8. The number of sulfonamides is 1. The number of nitrogens with one attached hydrogen (secondary N) is 2. The van der Waals surface area contributed by atoms with Gasteiger partial charge in [-0.25, -0.2) is 13.1 Å². The molecule has 0 saturated heterocycles. The first-order valence-electron chi connectivity index (χ1n) is 5.67. The van der Waals surface area contributed by atoms with Crippen LogP contribution in [-0.2, 0) is 10.0 Å². The minimum atomic E-state index is -3.11. The van der Waals surface area contributed by atoms with Crippen LogP contribution in [0.2, 0.25) is 0 Å². The summed E-state index contributed by atoms with van der Waals surface area (Å²) in [5, 5.41) is 3.19. The summed E-state index contributed by atoms with van der Waals surface area (Å²) < 4.78 is 25.5. The molecule has 0 aliphatic carbocycles. The van der Waals surface area contributed by atoms with Crippen LogP contribution < -0.4 is 10.0 Å². The molecule has 0 bridgehead atoms. The molecular weight excluding hydrogens is 224 g/mol. The summed E-state index contributed by atoms with van der Waals surface area (Å²) in [4.78, 5) is 0. The third-order valence-corrected chi connectivity index (χ3v) is 3.39. The van der Waals surface area contributed by atoms with Crippen molar-refractivity contribution in [3.63, 3.8) is 0 Å². The molecule has 0 rings (SSSR count). The van der Waals surface area contributed by atoms with Gasteiger partial charge in [-0.3, -0.25) is 0 Å². The molecule has 0 radical (unpaired) electrons. The summed E-state index contributed by atoms with van der Waals surface area (Å²) in [6, 6.07) is 0.404. The minimum Gasteiger partial charge on any atom is -0.314 e. The van der Waals surface area contributed by atoms with Crippen molar-refractivity contribution in [2.75, 3.05) is 18.8 Å². The van der Waals surface area contributed by atoms with Gasteiger partial charge in [-0.05, 0) is 26.8 Å². The molecular formula is C11H24N2O2S. The third kappa shape index (κ3) is 10.1. The average molecular weight is 248 g/mol. The first-order valence-corrected chi connectivity index (χ1v) is 7.33. The lowest BCUT2D eigenvalue weighted by Crippen LogP contribution is -2.30. The summed E-state index contributed by atoms with van der Waals surface area (Å²) in [5.74, 6) is 0.184.